The number of rotatable bonds is 2. The molecule has 1 aliphatic heterocycles. The van der Waals surface area contributed by atoms with Gasteiger partial charge in [-0.1, -0.05) is 41.2 Å². The minimum Gasteiger partial charge on any atom is -0.458 e. The highest BCUT2D eigenvalue weighted by Crippen LogP contribution is 2.18. The zero-order chi connectivity index (χ0) is 10.7. The second-order valence-electron chi connectivity index (χ2n) is 1.75. The van der Waals surface area contributed by atoms with Gasteiger partial charge in [-0.2, -0.15) is 0 Å². The summed E-state index contributed by atoms with van der Waals surface area (Å²) < 4.78 is 10.1. The van der Waals surface area contributed by atoms with Gasteiger partial charge in [0, 0.05) is 6.42 Å². The van der Waals surface area contributed by atoms with E-state index in [9.17, 15) is 0 Å². The number of hydrogen-bond donors (Lipinski definition) is 0. The van der Waals surface area contributed by atoms with Crippen molar-refractivity contribution in [2.45, 2.75) is 41.0 Å². The SMILES string of the molecule is C=CC1=C(CC)OCO1.CC.CC. The molecule has 1 rings (SSSR count). The molecule has 0 radical (unpaired) electrons. The maximum Gasteiger partial charge on any atom is 0.230 e. The Morgan fingerprint density at radius 1 is 1.23 bits per heavy atom. The molecule has 0 saturated heterocycles. The van der Waals surface area contributed by atoms with Gasteiger partial charge in [-0.25, -0.2) is 0 Å². The first-order valence-electron chi connectivity index (χ1n) is 4.99. The Kier molecular flexibility index (Phi) is 12.4. The highest BCUT2D eigenvalue weighted by atomic mass is 16.7. The second kappa shape index (κ2) is 11.1. The van der Waals surface area contributed by atoms with Gasteiger partial charge in [0.2, 0.25) is 6.79 Å². The average Bonchev–Trinajstić information content (AvgIpc) is 2.70. The smallest absolute Gasteiger partial charge is 0.230 e. The molecule has 0 aromatic heterocycles. The third-order valence-corrected chi connectivity index (χ3v) is 1.23. The molecular weight excluding hydrogens is 164 g/mol. The van der Waals surface area contributed by atoms with Crippen LogP contribution in [0.3, 0.4) is 0 Å². The molecule has 0 bridgehead atoms. The number of allylic oxidation sites excluding steroid dienone is 2. The Balaban J connectivity index is 0. The van der Waals surface area contributed by atoms with Crippen LogP contribution in [0.15, 0.2) is 24.2 Å². The first kappa shape index (κ1) is 14.6. The standard InChI is InChI=1S/C7H10O2.2C2H6/c1-3-6-7(4-2)9-5-8-6;2*1-2/h3H,1,4-5H2,2H3;2*1-2H3. The molecule has 1 aliphatic rings. The Morgan fingerprint density at radius 2 is 1.77 bits per heavy atom. The number of hydrogen-bond acceptors (Lipinski definition) is 2. The van der Waals surface area contributed by atoms with E-state index in [-0.39, 0.29) is 0 Å². The number of ether oxygens (including phenoxy) is 2. The fourth-order valence-corrected chi connectivity index (χ4v) is 0.765. The summed E-state index contributed by atoms with van der Waals surface area (Å²) in [5, 5.41) is 0. The fraction of sp³-hybridized carbons (Fsp3) is 0.636. The third kappa shape index (κ3) is 5.34. The summed E-state index contributed by atoms with van der Waals surface area (Å²) in [4.78, 5) is 0. The van der Waals surface area contributed by atoms with E-state index in [1.807, 2.05) is 34.6 Å². The summed E-state index contributed by atoms with van der Waals surface area (Å²) in [6.45, 7) is 14.0. The van der Waals surface area contributed by atoms with E-state index in [1.165, 1.54) is 0 Å². The van der Waals surface area contributed by atoms with Crippen molar-refractivity contribution in [1.82, 2.24) is 0 Å². The molecule has 1 heterocycles. The second-order valence-corrected chi connectivity index (χ2v) is 1.75. The highest BCUT2D eigenvalue weighted by molar-refractivity contribution is 5.15. The average molecular weight is 186 g/mol. The van der Waals surface area contributed by atoms with Gasteiger partial charge >= 0.3 is 0 Å². The van der Waals surface area contributed by atoms with Gasteiger partial charge < -0.3 is 9.47 Å². The predicted molar refractivity (Wildman–Crippen MR) is 57.2 cm³/mol. The van der Waals surface area contributed by atoms with Gasteiger partial charge in [0.05, 0.1) is 0 Å². The van der Waals surface area contributed by atoms with Crippen LogP contribution in [0.1, 0.15) is 41.0 Å². The topological polar surface area (TPSA) is 18.5 Å². The molecule has 0 aromatic carbocycles. The minimum atomic E-state index is 0.352. The third-order valence-electron chi connectivity index (χ3n) is 1.23. The Labute approximate surface area is 82.2 Å². The van der Waals surface area contributed by atoms with Gasteiger partial charge in [0.25, 0.3) is 0 Å². The van der Waals surface area contributed by atoms with E-state index in [2.05, 4.69) is 6.58 Å². The van der Waals surface area contributed by atoms with Gasteiger partial charge in [-0.15, -0.1) is 0 Å². The van der Waals surface area contributed by atoms with E-state index >= 15 is 0 Å². The van der Waals surface area contributed by atoms with E-state index < -0.39 is 0 Å². The van der Waals surface area contributed by atoms with Crippen LogP contribution in [-0.4, -0.2) is 6.79 Å². The van der Waals surface area contributed by atoms with Crippen molar-refractivity contribution in [2.24, 2.45) is 0 Å². The Bertz CT molecular complexity index is 148. The lowest BCUT2D eigenvalue weighted by molar-refractivity contribution is 0.0726. The summed E-state index contributed by atoms with van der Waals surface area (Å²) in [6.07, 6.45) is 2.55. The normalized spacial score (nSPS) is 12.7. The highest BCUT2D eigenvalue weighted by Gasteiger charge is 2.11. The van der Waals surface area contributed by atoms with Crippen molar-refractivity contribution >= 4 is 0 Å². The van der Waals surface area contributed by atoms with E-state index in [0.717, 1.165) is 17.9 Å². The molecule has 0 aliphatic carbocycles. The molecule has 0 N–H and O–H groups in total. The molecular formula is C11H22O2. The minimum absolute atomic E-state index is 0.352. The Hall–Kier alpha value is -0.920. The van der Waals surface area contributed by atoms with Crippen molar-refractivity contribution in [3.8, 4) is 0 Å². The van der Waals surface area contributed by atoms with E-state index in [4.69, 9.17) is 9.47 Å². The first-order valence-corrected chi connectivity index (χ1v) is 4.99. The summed E-state index contributed by atoms with van der Waals surface area (Å²) in [7, 11) is 0. The quantitative estimate of drug-likeness (QED) is 0.652. The predicted octanol–water partition coefficient (Wildman–Crippen LogP) is 3.85. The van der Waals surface area contributed by atoms with Crippen LogP contribution in [0.2, 0.25) is 0 Å². The van der Waals surface area contributed by atoms with Gasteiger partial charge in [-0.05, 0) is 6.08 Å². The van der Waals surface area contributed by atoms with Crippen molar-refractivity contribution in [2.75, 3.05) is 6.79 Å². The summed E-state index contributed by atoms with van der Waals surface area (Å²) in [5.74, 6) is 1.70. The molecule has 0 saturated carbocycles. The maximum atomic E-state index is 5.09. The summed E-state index contributed by atoms with van der Waals surface area (Å²) in [6, 6.07) is 0. The molecule has 78 valence electrons. The zero-order valence-electron chi connectivity index (χ0n) is 9.52. The lowest BCUT2D eigenvalue weighted by Crippen LogP contribution is -1.81. The molecule has 2 nitrogen and oxygen atoms in total. The monoisotopic (exact) mass is 186 g/mol. The van der Waals surface area contributed by atoms with Crippen LogP contribution >= 0.6 is 0 Å². The van der Waals surface area contributed by atoms with Crippen LogP contribution < -0.4 is 0 Å². The molecule has 0 fully saturated rings. The maximum absolute atomic E-state index is 5.09. The zero-order valence-corrected chi connectivity index (χ0v) is 9.52. The van der Waals surface area contributed by atoms with Crippen molar-refractivity contribution in [3.05, 3.63) is 24.2 Å². The Morgan fingerprint density at radius 3 is 2.08 bits per heavy atom. The van der Waals surface area contributed by atoms with E-state index in [0.29, 0.717) is 6.79 Å². The van der Waals surface area contributed by atoms with Crippen molar-refractivity contribution in [1.29, 1.82) is 0 Å². The van der Waals surface area contributed by atoms with Gasteiger partial charge in [-0.3, -0.25) is 0 Å². The summed E-state index contributed by atoms with van der Waals surface area (Å²) in [5.41, 5.74) is 0. The van der Waals surface area contributed by atoms with Crippen LogP contribution in [0.5, 0.6) is 0 Å². The molecule has 0 spiro atoms. The first-order chi connectivity index (χ1) is 6.38. The molecule has 13 heavy (non-hydrogen) atoms. The van der Waals surface area contributed by atoms with Crippen LogP contribution in [-0.2, 0) is 9.47 Å². The van der Waals surface area contributed by atoms with Crippen LogP contribution in [0, 0.1) is 0 Å². The van der Waals surface area contributed by atoms with E-state index in [1.54, 1.807) is 6.08 Å². The van der Waals surface area contributed by atoms with Crippen LogP contribution in [0.4, 0.5) is 0 Å². The van der Waals surface area contributed by atoms with Crippen LogP contribution in [0.25, 0.3) is 0 Å². The largest absolute Gasteiger partial charge is 0.458 e. The van der Waals surface area contributed by atoms with Crippen molar-refractivity contribution < 1.29 is 9.47 Å². The summed E-state index contributed by atoms with van der Waals surface area (Å²) >= 11 is 0. The molecule has 0 atom stereocenters. The molecule has 2 heteroatoms. The lowest BCUT2D eigenvalue weighted by Gasteiger charge is -1.92. The lowest BCUT2D eigenvalue weighted by atomic mass is 10.3. The molecule has 0 aromatic rings. The van der Waals surface area contributed by atoms with Gasteiger partial charge in [0.15, 0.2) is 5.76 Å². The molecule has 0 unspecified atom stereocenters. The van der Waals surface area contributed by atoms with Gasteiger partial charge in [0.1, 0.15) is 5.76 Å². The fourth-order valence-electron chi connectivity index (χ4n) is 0.765. The molecule has 0 amide bonds. The van der Waals surface area contributed by atoms with Crippen molar-refractivity contribution in [3.63, 3.8) is 0 Å².